The first-order valence-corrected chi connectivity index (χ1v) is 6.31. The molecular weight excluding hydrogens is 280 g/mol. The highest BCUT2D eigenvalue weighted by Crippen LogP contribution is 2.44. The number of hydrogen-bond donors (Lipinski definition) is 2. The number of hydrogen-bond acceptors (Lipinski definition) is 6. The fourth-order valence-corrected chi connectivity index (χ4v) is 2.33. The van der Waals surface area contributed by atoms with E-state index in [0.717, 1.165) is 0 Å². The molecule has 0 radical (unpaired) electrons. The molecule has 0 bridgehead atoms. The lowest BCUT2D eigenvalue weighted by molar-refractivity contribution is -0.172. The SMILES string of the molecule is CCC(O)(C(=O)O)C1OC(=O)c2cc(OC)c(OC)cc21. The maximum absolute atomic E-state index is 11.9. The molecule has 114 valence electrons. The van der Waals surface area contributed by atoms with Crippen LogP contribution in [0.2, 0.25) is 0 Å². The highest BCUT2D eigenvalue weighted by atomic mass is 16.6. The lowest BCUT2D eigenvalue weighted by Gasteiger charge is -2.27. The second kappa shape index (κ2) is 5.25. The lowest BCUT2D eigenvalue weighted by Crippen LogP contribution is -2.44. The first-order valence-electron chi connectivity index (χ1n) is 6.31. The Bertz CT molecular complexity index is 595. The summed E-state index contributed by atoms with van der Waals surface area (Å²) in [5.41, 5.74) is -1.77. The average Bonchev–Trinajstić information content (AvgIpc) is 2.81. The van der Waals surface area contributed by atoms with Gasteiger partial charge >= 0.3 is 11.9 Å². The highest BCUT2D eigenvalue weighted by molar-refractivity contribution is 5.96. The van der Waals surface area contributed by atoms with Crippen molar-refractivity contribution in [3.8, 4) is 11.5 Å². The summed E-state index contributed by atoms with van der Waals surface area (Å²) in [5, 5.41) is 19.5. The quantitative estimate of drug-likeness (QED) is 0.785. The van der Waals surface area contributed by atoms with Gasteiger partial charge < -0.3 is 24.4 Å². The number of aliphatic hydroxyl groups is 1. The normalized spacial score (nSPS) is 19.4. The summed E-state index contributed by atoms with van der Waals surface area (Å²) >= 11 is 0. The topological polar surface area (TPSA) is 102 Å². The maximum Gasteiger partial charge on any atom is 0.340 e. The van der Waals surface area contributed by atoms with Gasteiger partial charge in [-0.1, -0.05) is 6.92 Å². The van der Waals surface area contributed by atoms with Crippen molar-refractivity contribution in [1.82, 2.24) is 0 Å². The minimum Gasteiger partial charge on any atom is -0.493 e. The second-order valence-corrected chi connectivity index (χ2v) is 4.66. The zero-order chi connectivity index (χ0) is 15.8. The zero-order valence-electron chi connectivity index (χ0n) is 11.9. The van der Waals surface area contributed by atoms with Gasteiger partial charge in [-0.25, -0.2) is 9.59 Å². The number of carbonyl (C=O) groups is 2. The van der Waals surface area contributed by atoms with Crippen molar-refractivity contribution in [2.45, 2.75) is 25.0 Å². The molecule has 0 spiro atoms. The Morgan fingerprint density at radius 1 is 1.33 bits per heavy atom. The van der Waals surface area contributed by atoms with Crippen LogP contribution < -0.4 is 9.47 Å². The molecule has 1 aliphatic heterocycles. The number of fused-ring (bicyclic) bond motifs is 1. The van der Waals surface area contributed by atoms with E-state index in [1.165, 1.54) is 33.3 Å². The summed E-state index contributed by atoms with van der Waals surface area (Å²) in [4.78, 5) is 23.2. The van der Waals surface area contributed by atoms with Crippen LogP contribution >= 0.6 is 0 Å². The van der Waals surface area contributed by atoms with E-state index in [1.807, 2.05) is 0 Å². The molecular formula is C14H16O7. The number of benzene rings is 1. The fraction of sp³-hybridized carbons (Fsp3) is 0.429. The van der Waals surface area contributed by atoms with Crippen LogP contribution in [0.1, 0.15) is 35.4 Å². The molecule has 0 saturated carbocycles. The molecule has 7 heteroatoms. The highest BCUT2D eigenvalue weighted by Gasteiger charge is 2.51. The molecule has 1 heterocycles. The Hall–Kier alpha value is -2.28. The number of esters is 1. The van der Waals surface area contributed by atoms with E-state index in [1.54, 1.807) is 0 Å². The van der Waals surface area contributed by atoms with Gasteiger partial charge in [-0.3, -0.25) is 0 Å². The molecule has 0 aromatic heterocycles. The first kappa shape index (κ1) is 15.1. The van der Waals surface area contributed by atoms with Crippen LogP contribution in [-0.4, -0.2) is 42.0 Å². The molecule has 0 saturated heterocycles. The monoisotopic (exact) mass is 296 g/mol. The number of carboxylic acid groups (broad SMARTS) is 1. The summed E-state index contributed by atoms with van der Waals surface area (Å²) in [6, 6.07) is 2.86. The summed E-state index contributed by atoms with van der Waals surface area (Å²) in [6.45, 7) is 1.50. The lowest BCUT2D eigenvalue weighted by atomic mass is 9.88. The molecule has 2 rings (SSSR count). The van der Waals surface area contributed by atoms with E-state index in [-0.39, 0.29) is 17.5 Å². The number of carbonyl (C=O) groups excluding carboxylic acids is 1. The van der Waals surface area contributed by atoms with Crippen molar-refractivity contribution >= 4 is 11.9 Å². The Morgan fingerprint density at radius 3 is 2.38 bits per heavy atom. The molecule has 7 nitrogen and oxygen atoms in total. The van der Waals surface area contributed by atoms with E-state index in [9.17, 15) is 19.8 Å². The van der Waals surface area contributed by atoms with Crippen molar-refractivity contribution in [3.63, 3.8) is 0 Å². The number of methoxy groups -OCH3 is 2. The number of carboxylic acids is 1. The molecule has 1 aromatic carbocycles. The third-order valence-corrected chi connectivity index (χ3v) is 3.63. The van der Waals surface area contributed by atoms with Crippen molar-refractivity contribution < 1.29 is 34.0 Å². The summed E-state index contributed by atoms with van der Waals surface area (Å²) in [7, 11) is 2.84. The molecule has 2 N–H and O–H groups in total. The van der Waals surface area contributed by atoms with E-state index in [0.29, 0.717) is 11.5 Å². The van der Waals surface area contributed by atoms with Crippen LogP contribution in [-0.2, 0) is 9.53 Å². The van der Waals surface area contributed by atoms with Gasteiger partial charge in [0.05, 0.1) is 19.8 Å². The van der Waals surface area contributed by atoms with Gasteiger partial charge in [0.1, 0.15) is 0 Å². The molecule has 0 amide bonds. The third kappa shape index (κ3) is 2.19. The van der Waals surface area contributed by atoms with Crippen LogP contribution in [0, 0.1) is 0 Å². The van der Waals surface area contributed by atoms with Gasteiger partial charge in [0.25, 0.3) is 0 Å². The predicted octanol–water partition coefficient (Wildman–Crippen LogP) is 1.14. The zero-order valence-corrected chi connectivity index (χ0v) is 11.9. The van der Waals surface area contributed by atoms with Gasteiger partial charge in [0.2, 0.25) is 5.60 Å². The Balaban J connectivity index is 2.60. The Kier molecular flexibility index (Phi) is 3.78. The smallest absolute Gasteiger partial charge is 0.340 e. The molecule has 21 heavy (non-hydrogen) atoms. The van der Waals surface area contributed by atoms with Crippen molar-refractivity contribution in [3.05, 3.63) is 23.3 Å². The van der Waals surface area contributed by atoms with Crippen LogP contribution in [0.3, 0.4) is 0 Å². The molecule has 2 unspecified atom stereocenters. The number of rotatable bonds is 5. The van der Waals surface area contributed by atoms with Crippen LogP contribution in [0.5, 0.6) is 11.5 Å². The van der Waals surface area contributed by atoms with Crippen molar-refractivity contribution in [1.29, 1.82) is 0 Å². The molecule has 1 aromatic rings. The summed E-state index contributed by atoms with van der Waals surface area (Å²) in [6.07, 6.45) is -1.41. The van der Waals surface area contributed by atoms with E-state index >= 15 is 0 Å². The van der Waals surface area contributed by atoms with Crippen LogP contribution in [0.4, 0.5) is 0 Å². The van der Waals surface area contributed by atoms with E-state index < -0.39 is 23.6 Å². The minimum atomic E-state index is -2.19. The van der Waals surface area contributed by atoms with Crippen LogP contribution in [0.25, 0.3) is 0 Å². The summed E-state index contributed by atoms with van der Waals surface area (Å²) < 4.78 is 15.3. The third-order valence-electron chi connectivity index (χ3n) is 3.63. The Morgan fingerprint density at radius 2 is 1.90 bits per heavy atom. The van der Waals surface area contributed by atoms with Gasteiger partial charge in [-0.2, -0.15) is 0 Å². The van der Waals surface area contributed by atoms with E-state index in [2.05, 4.69) is 0 Å². The number of cyclic esters (lactones) is 1. The van der Waals surface area contributed by atoms with Gasteiger partial charge in [-0.05, 0) is 18.6 Å². The predicted molar refractivity (Wildman–Crippen MR) is 70.6 cm³/mol. The largest absolute Gasteiger partial charge is 0.493 e. The van der Waals surface area contributed by atoms with Gasteiger partial charge in [-0.15, -0.1) is 0 Å². The van der Waals surface area contributed by atoms with E-state index in [4.69, 9.17) is 14.2 Å². The second-order valence-electron chi connectivity index (χ2n) is 4.66. The van der Waals surface area contributed by atoms with Gasteiger partial charge in [0.15, 0.2) is 17.6 Å². The Labute approximate surface area is 121 Å². The molecule has 2 atom stereocenters. The molecule has 0 fully saturated rings. The molecule has 1 aliphatic rings. The first-order chi connectivity index (χ1) is 9.88. The standard InChI is InChI=1S/C14H16O7/c1-4-14(18,13(16)17)11-7-5-9(19-2)10(20-3)6-8(7)12(15)21-11/h5-6,11,18H,4H2,1-3H3,(H,16,17). The average molecular weight is 296 g/mol. The van der Waals surface area contributed by atoms with Gasteiger partial charge in [0, 0.05) is 5.56 Å². The number of aliphatic carboxylic acids is 1. The minimum absolute atomic E-state index is 0.117. The maximum atomic E-state index is 11.9. The van der Waals surface area contributed by atoms with Crippen molar-refractivity contribution in [2.24, 2.45) is 0 Å². The molecule has 0 aliphatic carbocycles. The fourth-order valence-electron chi connectivity index (χ4n) is 2.33. The summed E-state index contributed by atoms with van der Waals surface area (Å²) in [5.74, 6) is -1.51. The van der Waals surface area contributed by atoms with Crippen molar-refractivity contribution in [2.75, 3.05) is 14.2 Å². The van der Waals surface area contributed by atoms with Crippen LogP contribution in [0.15, 0.2) is 12.1 Å². The number of ether oxygens (including phenoxy) is 3.